The summed E-state index contributed by atoms with van der Waals surface area (Å²) in [6, 6.07) is 17.2. The summed E-state index contributed by atoms with van der Waals surface area (Å²) >= 11 is 9.23. The Morgan fingerprint density at radius 3 is 2.54 bits per heavy atom. The first-order valence-electron chi connectivity index (χ1n) is 7.16. The number of hydrogen-bond donors (Lipinski definition) is 0. The number of carbonyl (C=O) groups is 1. The zero-order valence-electron chi connectivity index (χ0n) is 12.4. The predicted octanol–water partition coefficient (Wildman–Crippen LogP) is 4.21. The molecule has 0 atom stereocenters. The maximum Gasteiger partial charge on any atom is 0.267 e. The van der Waals surface area contributed by atoms with E-state index in [0.29, 0.717) is 16.3 Å². The molecule has 0 aliphatic carbocycles. The highest BCUT2D eigenvalue weighted by Crippen LogP contribution is 2.20. The van der Waals surface area contributed by atoms with Crippen LogP contribution >= 0.6 is 27.5 Å². The Kier molecular flexibility index (Phi) is 4.92. The molecule has 0 N–H and O–H groups in total. The van der Waals surface area contributed by atoms with Crippen molar-refractivity contribution in [2.24, 2.45) is 0 Å². The van der Waals surface area contributed by atoms with Crippen LogP contribution in [0.1, 0.15) is 10.4 Å². The fourth-order valence-corrected chi connectivity index (χ4v) is 2.75. The van der Waals surface area contributed by atoms with Gasteiger partial charge >= 0.3 is 0 Å². The first-order valence-corrected chi connectivity index (χ1v) is 8.33. The second-order valence-electron chi connectivity index (χ2n) is 5.15. The standard InChI is InChI=1S/C18H12BrClN2O2/c19-14-3-1-2-13(10-14)16-8-9-18(24)22(21-16)11-17(23)12-4-6-15(20)7-5-12/h1-10H,11H2. The molecule has 1 heterocycles. The summed E-state index contributed by atoms with van der Waals surface area (Å²) in [5.74, 6) is -0.201. The first-order chi connectivity index (χ1) is 11.5. The van der Waals surface area contributed by atoms with Crippen molar-refractivity contribution in [1.82, 2.24) is 9.78 Å². The molecule has 24 heavy (non-hydrogen) atoms. The van der Waals surface area contributed by atoms with E-state index in [1.807, 2.05) is 24.3 Å². The van der Waals surface area contributed by atoms with E-state index in [-0.39, 0.29) is 17.9 Å². The van der Waals surface area contributed by atoms with Crippen LogP contribution in [0.5, 0.6) is 0 Å². The third-order valence-electron chi connectivity index (χ3n) is 3.45. The lowest BCUT2D eigenvalue weighted by molar-refractivity contribution is 0.0966. The topological polar surface area (TPSA) is 52.0 Å². The second-order valence-corrected chi connectivity index (χ2v) is 6.51. The highest BCUT2D eigenvalue weighted by atomic mass is 79.9. The molecule has 0 aliphatic heterocycles. The number of aromatic nitrogens is 2. The summed E-state index contributed by atoms with van der Waals surface area (Å²) in [7, 11) is 0. The largest absolute Gasteiger partial charge is 0.292 e. The lowest BCUT2D eigenvalue weighted by Crippen LogP contribution is -2.26. The Labute approximate surface area is 151 Å². The lowest BCUT2D eigenvalue weighted by atomic mass is 10.1. The average molecular weight is 404 g/mol. The monoisotopic (exact) mass is 402 g/mol. The van der Waals surface area contributed by atoms with Crippen molar-refractivity contribution in [3.05, 3.63) is 86.1 Å². The highest BCUT2D eigenvalue weighted by Gasteiger charge is 2.10. The van der Waals surface area contributed by atoms with Gasteiger partial charge in [-0.25, -0.2) is 4.68 Å². The SMILES string of the molecule is O=C(Cn1nc(-c2cccc(Br)c2)ccc1=O)c1ccc(Cl)cc1. The molecule has 1 aromatic heterocycles. The van der Waals surface area contributed by atoms with Crippen LogP contribution < -0.4 is 5.56 Å². The zero-order chi connectivity index (χ0) is 17.1. The van der Waals surface area contributed by atoms with Crippen LogP contribution in [0.2, 0.25) is 5.02 Å². The van der Waals surface area contributed by atoms with Gasteiger partial charge in [-0.05, 0) is 42.5 Å². The average Bonchev–Trinajstić information content (AvgIpc) is 2.57. The first kappa shape index (κ1) is 16.6. The number of hydrogen-bond acceptors (Lipinski definition) is 3. The molecule has 120 valence electrons. The zero-order valence-corrected chi connectivity index (χ0v) is 14.8. The molecule has 0 amide bonds. The Bertz CT molecular complexity index is 952. The maximum absolute atomic E-state index is 12.3. The predicted molar refractivity (Wildman–Crippen MR) is 97.4 cm³/mol. The van der Waals surface area contributed by atoms with E-state index in [9.17, 15) is 9.59 Å². The summed E-state index contributed by atoms with van der Waals surface area (Å²) in [5, 5.41) is 4.86. The lowest BCUT2D eigenvalue weighted by Gasteiger charge is -2.07. The number of halogens is 2. The minimum Gasteiger partial charge on any atom is -0.292 e. The number of Topliss-reactive ketones (excluding diaryl/α,β-unsaturated/α-hetero) is 1. The minimum atomic E-state index is -0.323. The number of ketones is 1. The molecule has 0 bridgehead atoms. The van der Waals surface area contributed by atoms with Gasteiger partial charge in [-0.1, -0.05) is 39.7 Å². The van der Waals surface area contributed by atoms with E-state index in [4.69, 9.17) is 11.6 Å². The van der Waals surface area contributed by atoms with Gasteiger partial charge in [0.2, 0.25) is 0 Å². The summed E-state index contributed by atoms with van der Waals surface area (Å²) < 4.78 is 2.09. The number of rotatable bonds is 4. The Morgan fingerprint density at radius 1 is 1.08 bits per heavy atom. The van der Waals surface area contributed by atoms with Crippen LogP contribution in [-0.4, -0.2) is 15.6 Å². The fraction of sp³-hybridized carbons (Fsp3) is 0.0556. The second kappa shape index (κ2) is 7.11. The van der Waals surface area contributed by atoms with Crippen LogP contribution in [0.3, 0.4) is 0 Å². The molecular weight excluding hydrogens is 392 g/mol. The molecule has 6 heteroatoms. The molecule has 0 fully saturated rings. The molecule has 0 saturated carbocycles. The quantitative estimate of drug-likeness (QED) is 0.613. The molecule has 0 radical (unpaired) electrons. The third-order valence-corrected chi connectivity index (χ3v) is 4.19. The van der Waals surface area contributed by atoms with Crippen molar-refractivity contribution >= 4 is 33.3 Å². The summed E-state index contributed by atoms with van der Waals surface area (Å²) in [6.45, 7) is -0.123. The van der Waals surface area contributed by atoms with E-state index >= 15 is 0 Å². The van der Waals surface area contributed by atoms with Crippen molar-refractivity contribution in [3.8, 4) is 11.3 Å². The van der Waals surface area contributed by atoms with Gasteiger partial charge in [-0.15, -0.1) is 0 Å². The number of nitrogens with zero attached hydrogens (tertiary/aromatic N) is 2. The van der Waals surface area contributed by atoms with Crippen LogP contribution in [0.25, 0.3) is 11.3 Å². The van der Waals surface area contributed by atoms with Gasteiger partial charge < -0.3 is 0 Å². The summed E-state index contributed by atoms with van der Waals surface area (Å²) in [4.78, 5) is 24.3. The van der Waals surface area contributed by atoms with Gasteiger partial charge in [-0.3, -0.25) is 9.59 Å². The van der Waals surface area contributed by atoms with Gasteiger partial charge in [0.25, 0.3) is 5.56 Å². The minimum absolute atomic E-state index is 0.123. The van der Waals surface area contributed by atoms with E-state index in [1.54, 1.807) is 30.3 Å². The van der Waals surface area contributed by atoms with Gasteiger partial charge in [0, 0.05) is 26.7 Å². The number of carbonyl (C=O) groups excluding carboxylic acids is 1. The Balaban J connectivity index is 1.91. The van der Waals surface area contributed by atoms with Crippen LogP contribution in [-0.2, 0) is 6.54 Å². The smallest absolute Gasteiger partial charge is 0.267 e. The Hall–Kier alpha value is -2.24. The normalized spacial score (nSPS) is 10.6. The highest BCUT2D eigenvalue weighted by molar-refractivity contribution is 9.10. The van der Waals surface area contributed by atoms with Crippen molar-refractivity contribution in [3.63, 3.8) is 0 Å². The summed E-state index contributed by atoms with van der Waals surface area (Å²) in [6.07, 6.45) is 0. The molecule has 0 unspecified atom stereocenters. The molecule has 4 nitrogen and oxygen atoms in total. The molecule has 0 saturated heterocycles. The maximum atomic E-state index is 12.3. The third kappa shape index (κ3) is 3.80. The molecule has 3 rings (SSSR count). The van der Waals surface area contributed by atoms with Crippen LogP contribution in [0, 0.1) is 0 Å². The molecule has 0 spiro atoms. The Morgan fingerprint density at radius 2 is 1.83 bits per heavy atom. The van der Waals surface area contributed by atoms with E-state index < -0.39 is 0 Å². The van der Waals surface area contributed by atoms with E-state index in [1.165, 1.54) is 10.7 Å². The van der Waals surface area contributed by atoms with Crippen molar-refractivity contribution < 1.29 is 4.79 Å². The van der Waals surface area contributed by atoms with E-state index in [2.05, 4.69) is 21.0 Å². The molecule has 0 aliphatic rings. The van der Waals surface area contributed by atoms with Crippen molar-refractivity contribution in [1.29, 1.82) is 0 Å². The van der Waals surface area contributed by atoms with Crippen molar-refractivity contribution in [2.45, 2.75) is 6.54 Å². The molecule has 3 aromatic rings. The molecular formula is C18H12BrClN2O2. The van der Waals surface area contributed by atoms with Gasteiger partial charge in [0.1, 0.15) is 6.54 Å². The van der Waals surface area contributed by atoms with Gasteiger partial charge in [-0.2, -0.15) is 5.10 Å². The van der Waals surface area contributed by atoms with Crippen LogP contribution in [0.15, 0.2) is 69.9 Å². The fourth-order valence-electron chi connectivity index (χ4n) is 2.23. The van der Waals surface area contributed by atoms with E-state index in [0.717, 1.165) is 10.0 Å². The molecule has 2 aromatic carbocycles. The van der Waals surface area contributed by atoms with Crippen molar-refractivity contribution in [2.75, 3.05) is 0 Å². The number of benzene rings is 2. The van der Waals surface area contributed by atoms with Gasteiger partial charge in [0.15, 0.2) is 5.78 Å². The summed E-state index contributed by atoms with van der Waals surface area (Å²) in [5.41, 5.74) is 1.65. The van der Waals surface area contributed by atoms with Gasteiger partial charge in [0.05, 0.1) is 5.69 Å². The van der Waals surface area contributed by atoms with Crippen LogP contribution in [0.4, 0.5) is 0 Å².